The fourth-order valence-electron chi connectivity index (χ4n) is 2.01. The standard InChI is InChI=1S/2C9H21P.Pd/c2*1-8(2,3)10(7)9(4,5)6;/h2*1-7H3;. The summed E-state index contributed by atoms with van der Waals surface area (Å²) in [6.07, 6.45) is 0. The minimum absolute atomic E-state index is 0. The quantitative estimate of drug-likeness (QED) is 0.280. The maximum Gasteiger partial charge on any atom is 0 e. The van der Waals surface area contributed by atoms with E-state index in [9.17, 15) is 0 Å². The average molecular weight is 427 g/mol. The van der Waals surface area contributed by atoms with E-state index in [4.69, 9.17) is 0 Å². The normalized spacial score (nSPS) is 13.7. The molecule has 0 atom stereocenters. The third kappa shape index (κ3) is 12.6. The van der Waals surface area contributed by atoms with Crippen LogP contribution in [-0.4, -0.2) is 34.0 Å². The van der Waals surface area contributed by atoms with E-state index >= 15 is 0 Å². The van der Waals surface area contributed by atoms with Crippen molar-refractivity contribution in [3.63, 3.8) is 0 Å². The summed E-state index contributed by atoms with van der Waals surface area (Å²) >= 11 is 0. The molecule has 0 aliphatic rings. The van der Waals surface area contributed by atoms with Crippen molar-refractivity contribution >= 4 is 15.8 Å². The maximum atomic E-state index is 2.40. The molecule has 134 valence electrons. The first kappa shape index (κ1) is 27.4. The summed E-state index contributed by atoms with van der Waals surface area (Å²) in [7, 11) is 0.275. The van der Waals surface area contributed by atoms with Crippen molar-refractivity contribution in [1.29, 1.82) is 0 Å². The molecule has 0 aromatic carbocycles. The van der Waals surface area contributed by atoms with Crippen LogP contribution in [0.25, 0.3) is 0 Å². The summed E-state index contributed by atoms with van der Waals surface area (Å²) in [5, 5.41) is 2.03. The zero-order chi connectivity index (χ0) is 17.2. The van der Waals surface area contributed by atoms with Gasteiger partial charge in [0.2, 0.25) is 0 Å². The Morgan fingerprint density at radius 3 is 0.476 bits per heavy atom. The Morgan fingerprint density at radius 2 is 0.476 bits per heavy atom. The molecule has 0 nitrogen and oxygen atoms in total. The molecule has 0 heterocycles. The molecule has 3 heteroatoms. The summed E-state index contributed by atoms with van der Waals surface area (Å²) in [6, 6.07) is 0. The van der Waals surface area contributed by atoms with Crippen molar-refractivity contribution in [2.24, 2.45) is 0 Å². The van der Waals surface area contributed by atoms with Gasteiger partial charge in [-0.2, -0.15) is 0 Å². The zero-order valence-corrected chi connectivity index (χ0v) is 20.6. The van der Waals surface area contributed by atoms with Gasteiger partial charge >= 0.3 is 0 Å². The second-order valence-electron chi connectivity index (χ2n) is 9.80. The van der Waals surface area contributed by atoms with Crippen molar-refractivity contribution in [2.75, 3.05) is 13.3 Å². The van der Waals surface area contributed by atoms with E-state index in [1.807, 2.05) is 0 Å². The topological polar surface area (TPSA) is 0 Å². The van der Waals surface area contributed by atoms with Gasteiger partial charge < -0.3 is 0 Å². The van der Waals surface area contributed by atoms with Gasteiger partial charge in [-0.1, -0.05) is 98.9 Å². The predicted octanol–water partition coefficient (Wildman–Crippen LogP) is 7.39. The van der Waals surface area contributed by atoms with E-state index in [0.717, 1.165) is 0 Å². The largest absolute Gasteiger partial charge is 0.0988 e. The number of hydrogen-bond acceptors (Lipinski definition) is 0. The van der Waals surface area contributed by atoms with Crippen molar-refractivity contribution < 1.29 is 20.4 Å². The maximum absolute atomic E-state index is 2.40. The van der Waals surface area contributed by atoms with Gasteiger partial charge in [-0.05, 0) is 34.0 Å². The number of hydrogen-bond donors (Lipinski definition) is 0. The molecule has 0 aliphatic heterocycles. The molecular formula is C18H42P2Pd. The summed E-state index contributed by atoms with van der Waals surface area (Å²) < 4.78 is 0. The Labute approximate surface area is 153 Å². The summed E-state index contributed by atoms with van der Waals surface area (Å²) in [4.78, 5) is 0. The van der Waals surface area contributed by atoms with Crippen molar-refractivity contribution in [3.8, 4) is 0 Å². The fourth-order valence-corrected chi connectivity index (χ4v) is 6.04. The molecule has 0 rings (SSSR count). The Kier molecular flexibility index (Phi) is 11.9. The van der Waals surface area contributed by atoms with Crippen LogP contribution in [-0.2, 0) is 20.4 Å². The van der Waals surface area contributed by atoms with Gasteiger partial charge in [0.15, 0.2) is 0 Å². The second-order valence-corrected chi connectivity index (χ2v) is 17.4. The number of rotatable bonds is 0. The van der Waals surface area contributed by atoms with Gasteiger partial charge in [0.1, 0.15) is 0 Å². The van der Waals surface area contributed by atoms with Crippen molar-refractivity contribution in [2.45, 2.75) is 104 Å². The van der Waals surface area contributed by atoms with E-state index in [1.165, 1.54) is 0 Å². The molecule has 0 N–H and O–H groups in total. The zero-order valence-electron chi connectivity index (χ0n) is 17.2. The Hall–Kier alpha value is 1.52. The molecule has 21 heavy (non-hydrogen) atoms. The average Bonchev–Trinajstić information content (AvgIpc) is 2.10. The molecule has 0 aliphatic carbocycles. The van der Waals surface area contributed by atoms with E-state index in [-0.39, 0.29) is 36.3 Å². The van der Waals surface area contributed by atoms with E-state index < -0.39 is 0 Å². The molecule has 0 bridgehead atoms. The van der Waals surface area contributed by atoms with Gasteiger partial charge in [0, 0.05) is 20.4 Å². The SMILES string of the molecule is CP(C(C)(C)C)C(C)(C)C.CP(C(C)(C)C)C(C)(C)C.[Pd]. The summed E-state index contributed by atoms with van der Waals surface area (Å²) in [5.41, 5.74) is 0. The monoisotopic (exact) mass is 426 g/mol. The van der Waals surface area contributed by atoms with Gasteiger partial charge in [-0.15, -0.1) is 0 Å². The molecule has 0 unspecified atom stereocenters. The van der Waals surface area contributed by atoms with Crippen LogP contribution in [0, 0.1) is 0 Å². The molecule has 0 radical (unpaired) electrons. The van der Waals surface area contributed by atoms with Crippen LogP contribution in [0.3, 0.4) is 0 Å². The fraction of sp³-hybridized carbons (Fsp3) is 1.00. The van der Waals surface area contributed by atoms with Gasteiger partial charge in [-0.25, -0.2) is 0 Å². The Bertz CT molecular complexity index is 214. The van der Waals surface area contributed by atoms with Crippen molar-refractivity contribution in [3.05, 3.63) is 0 Å². The van der Waals surface area contributed by atoms with Crippen LogP contribution < -0.4 is 0 Å². The molecule has 0 saturated carbocycles. The van der Waals surface area contributed by atoms with Crippen LogP contribution >= 0.6 is 15.8 Å². The summed E-state index contributed by atoms with van der Waals surface area (Å²) in [5.74, 6) is 0. The Balaban J connectivity index is -0.000000295. The van der Waals surface area contributed by atoms with Crippen LogP contribution in [0.5, 0.6) is 0 Å². The summed E-state index contributed by atoms with van der Waals surface area (Å²) in [6.45, 7) is 32.8. The first-order chi connectivity index (χ1) is 8.31. The molecular weight excluding hydrogens is 385 g/mol. The third-order valence-electron chi connectivity index (χ3n) is 4.02. The molecule has 0 spiro atoms. The molecule has 0 amide bonds. The minimum Gasteiger partial charge on any atom is -0.0988 e. The first-order valence-electron chi connectivity index (χ1n) is 7.79. The van der Waals surface area contributed by atoms with E-state index in [0.29, 0.717) is 20.6 Å². The van der Waals surface area contributed by atoms with E-state index in [1.54, 1.807) is 0 Å². The van der Waals surface area contributed by atoms with Crippen LogP contribution in [0.2, 0.25) is 0 Å². The predicted molar refractivity (Wildman–Crippen MR) is 105 cm³/mol. The van der Waals surface area contributed by atoms with Gasteiger partial charge in [0.25, 0.3) is 0 Å². The van der Waals surface area contributed by atoms with Gasteiger partial charge in [0.05, 0.1) is 0 Å². The minimum atomic E-state index is 0. The molecule has 0 saturated heterocycles. The first-order valence-corrected chi connectivity index (χ1v) is 11.4. The van der Waals surface area contributed by atoms with Crippen LogP contribution in [0.4, 0.5) is 0 Å². The van der Waals surface area contributed by atoms with Crippen LogP contribution in [0.15, 0.2) is 0 Å². The van der Waals surface area contributed by atoms with Crippen LogP contribution in [0.1, 0.15) is 83.1 Å². The van der Waals surface area contributed by atoms with Gasteiger partial charge in [-0.3, -0.25) is 0 Å². The molecule has 0 aromatic heterocycles. The van der Waals surface area contributed by atoms with E-state index in [2.05, 4.69) is 96.4 Å². The Morgan fingerprint density at radius 1 is 0.381 bits per heavy atom. The van der Waals surface area contributed by atoms with Crippen molar-refractivity contribution in [1.82, 2.24) is 0 Å². The third-order valence-corrected chi connectivity index (χ3v) is 12.1. The molecule has 0 fully saturated rings. The smallest absolute Gasteiger partial charge is 0 e. The molecule has 0 aromatic rings. The second kappa shape index (κ2) is 9.12.